The van der Waals surface area contributed by atoms with E-state index in [0.717, 1.165) is 0 Å². The molecule has 0 saturated heterocycles. The summed E-state index contributed by atoms with van der Waals surface area (Å²) in [6, 6.07) is 0. The van der Waals surface area contributed by atoms with Gasteiger partial charge in [-0.05, 0) is 6.92 Å². The highest BCUT2D eigenvalue weighted by molar-refractivity contribution is 5.75. The molecule has 0 saturated carbocycles. The molecule has 1 amide bonds. The zero-order valence-corrected chi connectivity index (χ0v) is 7.34. The van der Waals surface area contributed by atoms with Crippen LogP contribution in [0.3, 0.4) is 0 Å². The van der Waals surface area contributed by atoms with Crippen LogP contribution < -0.4 is 5.32 Å². The lowest BCUT2D eigenvalue weighted by Crippen LogP contribution is -2.33. The molecular formula is C7H12N4O2. The van der Waals surface area contributed by atoms with Crippen LogP contribution in [0.5, 0.6) is 0 Å². The minimum atomic E-state index is -0.528. The van der Waals surface area contributed by atoms with E-state index >= 15 is 0 Å². The van der Waals surface area contributed by atoms with Gasteiger partial charge in [0.15, 0.2) is 0 Å². The van der Waals surface area contributed by atoms with E-state index in [1.165, 1.54) is 17.3 Å². The van der Waals surface area contributed by atoms with E-state index in [2.05, 4.69) is 15.4 Å². The fourth-order valence-electron chi connectivity index (χ4n) is 0.779. The molecule has 1 rings (SSSR count). The molecule has 0 aliphatic carbocycles. The lowest BCUT2D eigenvalue weighted by molar-refractivity contribution is -0.122. The number of aliphatic hydroxyl groups excluding tert-OH is 1. The summed E-state index contributed by atoms with van der Waals surface area (Å²) in [7, 11) is 0. The number of amides is 1. The summed E-state index contributed by atoms with van der Waals surface area (Å²) < 4.78 is 1.41. The molecule has 2 N–H and O–H groups in total. The Kier molecular flexibility index (Phi) is 3.39. The average Bonchev–Trinajstić information content (AvgIpc) is 2.53. The second-order valence-corrected chi connectivity index (χ2v) is 2.75. The molecule has 0 aromatic carbocycles. The first kappa shape index (κ1) is 9.66. The van der Waals surface area contributed by atoms with Crippen LogP contribution in [0, 0.1) is 0 Å². The van der Waals surface area contributed by atoms with Crippen LogP contribution in [0.1, 0.15) is 6.92 Å². The van der Waals surface area contributed by atoms with E-state index in [1.54, 1.807) is 6.92 Å². The summed E-state index contributed by atoms with van der Waals surface area (Å²) in [5.41, 5.74) is 0. The van der Waals surface area contributed by atoms with Gasteiger partial charge >= 0.3 is 0 Å². The third kappa shape index (κ3) is 3.66. The maximum atomic E-state index is 11.1. The smallest absolute Gasteiger partial charge is 0.241 e. The molecule has 0 fully saturated rings. The summed E-state index contributed by atoms with van der Waals surface area (Å²) in [6.45, 7) is 2.00. The predicted molar refractivity (Wildman–Crippen MR) is 44.7 cm³/mol. The first-order valence-electron chi connectivity index (χ1n) is 3.95. The topological polar surface area (TPSA) is 80.0 Å². The molecule has 1 heterocycles. The molecule has 0 bridgehead atoms. The van der Waals surface area contributed by atoms with Gasteiger partial charge in [-0.2, -0.15) is 5.10 Å². The molecule has 0 aliphatic heterocycles. The first-order chi connectivity index (χ1) is 6.18. The Morgan fingerprint density at radius 2 is 2.54 bits per heavy atom. The third-order valence-corrected chi connectivity index (χ3v) is 1.37. The second-order valence-electron chi connectivity index (χ2n) is 2.75. The normalized spacial score (nSPS) is 12.5. The molecule has 1 aromatic rings. The number of hydrogen-bond donors (Lipinski definition) is 2. The maximum absolute atomic E-state index is 11.1. The molecule has 6 heteroatoms. The number of rotatable bonds is 4. The van der Waals surface area contributed by atoms with Crippen molar-refractivity contribution in [2.45, 2.75) is 19.6 Å². The number of carbonyl (C=O) groups excluding carboxylic acids is 1. The standard InChI is InChI=1S/C7H12N4O2/c1-6(12)2-9-7(13)3-11-5-8-4-10-11/h4-6,12H,2-3H2,1H3,(H,9,13). The van der Waals surface area contributed by atoms with Gasteiger partial charge in [0.2, 0.25) is 5.91 Å². The van der Waals surface area contributed by atoms with Crippen LogP contribution in [-0.2, 0) is 11.3 Å². The number of aromatic nitrogens is 3. The summed E-state index contributed by atoms with van der Waals surface area (Å²) in [5.74, 6) is -0.189. The molecular weight excluding hydrogens is 172 g/mol. The number of hydrogen-bond acceptors (Lipinski definition) is 4. The quantitative estimate of drug-likeness (QED) is 0.614. The van der Waals surface area contributed by atoms with Crippen molar-refractivity contribution in [2.75, 3.05) is 6.54 Å². The first-order valence-corrected chi connectivity index (χ1v) is 3.95. The van der Waals surface area contributed by atoms with Gasteiger partial charge in [0.05, 0.1) is 6.10 Å². The lowest BCUT2D eigenvalue weighted by Gasteiger charge is -2.06. The van der Waals surface area contributed by atoms with Gasteiger partial charge in [-0.1, -0.05) is 0 Å². The molecule has 1 aromatic heterocycles. The third-order valence-electron chi connectivity index (χ3n) is 1.37. The molecule has 72 valence electrons. The van der Waals surface area contributed by atoms with Crippen LogP contribution in [0.15, 0.2) is 12.7 Å². The summed E-state index contributed by atoms with van der Waals surface area (Å²) in [5, 5.41) is 15.2. The number of nitrogens with one attached hydrogen (secondary N) is 1. The summed E-state index contributed by atoms with van der Waals surface area (Å²) >= 11 is 0. The minimum Gasteiger partial charge on any atom is -0.392 e. The number of nitrogens with zero attached hydrogens (tertiary/aromatic N) is 3. The molecule has 13 heavy (non-hydrogen) atoms. The van der Waals surface area contributed by atoms with E-state index in [0.29, 0.717) is 0 Å². The van der Waals surface area contributed by atoms with Crippen LogP contribution in [-0.4, -0.2) is 38.4 Å². The fourth-order valence-corrected chi connectivity index (χ4v) is 0.779. The SMILES string of the molecule is CC(O)CNC(=O)Cn1cncn1. The Morgan fingerprint density at radius 1 is 1.77 bits per heavy atom. The highest BCUT2D eigenvalue weighted by Gasteiger charge is 2.03. The van der Waals surface area contributed by atoms with E-state index in [9.17, 15) is 4.79 Å². The summed E-state index contributed by atoms with van der Waals surface area (Å²) in [4.78, 5) is 14.8. The largest absolute Gasteiger partial charge is 0.392 e. The van der Waals surface area contributed by atoms with Gasteiger partial charge in [0.25, 0.3) is 0 Å². The van der Waals surface area contributed by atoms with Crippen molar-refractivity contribution in [1.29, 1.82) is 0 Å². The maximum Gasteiger partial charge on any atom is 0.241 e. The fraction of sp³-hybridized carbons (Fsp3) is 0.571. The highest BCUT2D eigenvalue weighted by atomic mass is 16.3. The molecule has 0 aliphatic rings. The zero-order valence-electron chi connectivity index (χ0n) is 7.34. The van der Waals surface area contributed by atoms with Crippen molar-refractivity contribution in [1.82, 2.24) is 20.1 Å². The van der Waals surface area contributed by atoms with Crippen molar-refractivity contribution >= 4 is 5.91 Å². The van der Waals surface area contributed by atoms with Crippen molar-refractivity contribution in [3.8, 4) is 0 Å². The van der Waals surface area contributed by atoms with Crippen molar-refractivity contribution < 1.29 is 9.90 Å². The Bertz CT molecular complexity index is 257. The molecule has 0 spiro atoms. The van der Waals surface area contributed by atoms with Gasteiger partial charge < -0.3 is 10.4 Å². The van der Waals surface area contributed by atoms with E-state index < -0.39 is 6.10 Å². The Hall–Kier alpha value is -1.43. The van der Waals surface area contributed by atoms with Gasteiger partial charge in [-0.3, -0.25) is 4.79 Å². The van der Waals surface area contributed by atoms with E-state index in [4.69, 9.17) is 5.11 Å². The van der Waals surface area contributed by atoms with E-state index in [-0.39, 0.29) is 19.0 Å². The Balaban J connectivity index is 2.26. The second kappa shape index (κ2) is 4.56. The average molecular weight is 184 g/mol. The lowest BCUT2D eigenvalue weighted by atomic mass is 10.4. The highest BCUT2D eigenvalue weighted by Crippen LogP contribution is 1.81. The minimum absolute atomic E-state index is 0.132. The van der Waals surface area contributed by atoms with Gasteiger partial charge in [0.1, 0.15) is 19.2 Å². The molecule has 1 unspecified atom stereocenters. The monoisotopic (exact) mass is 184 g/mol. The van der Waals surface area contributed by atoms with Crippen LogP contribution >= 0.6 is 0 Å². The van der Waals surface area contributed by atoms with Crippen LogP contribution in [0.25, 0.3) is 0 Å². The molecule has 0 radical (unpaired) electrons. The van der Waals surface area contributed by atoms with Gasteiger partial charge in [-0.15, -0.1) is 0 Å². The van der Waals surface area contributed by atoms with Crippen molar-refractivity contribution in [3.05, 3.63) is 12.7 Å². The molecule has 1 atom stereocenters. The summed E-state index contributed by atoms with van der Waals surface area (Å²) in [6.07, 6.45) is 2.30. The van der Waals surface area contributed by atoms with Gasteiger partial charge in [-0.25, -0.2) is 9.67 Å². The zero-order chi connectivity index (χ0) is 9.68. The number of carbonyl (C=O) groups is 1. The van der Waals surface area contributed by atoms with Crippen molar-refractivity contribution in [2.24, 2.45) is 0 Å². The van der Waals surface area contributed by atoms with Crippen LogP contribution in [0.2, 0.25) is 0 Å². The predicted octanol–water partition coefficient (Wildman–Crippen LogP) is -1.22. The van der Waals surface area contributed by atoms with Crippen molar-refractivity contribution in [3.63, 3.8) is 0 Å². The Labute approximate surface area is 75.6 Å². The Morgan fingerprint density at radius 3 is 3.08 bits per heavy atom. The number of aliphatic hydroxyl groups is 1. The van der Waals surface area contributed by atoms with E-state index in [1.807, 2.05) is 0 Å². The van der Waals surface area contributed by atoms with Crippen LogP contribution in [0.4, 0.5) is 0 Å². The molecule has 6 nitrogen and oxygen atoms in total. The van der Waals surface area contributed by atoms with Gasteiger partial charge in [0, 0.05) is 6.54 Å².